The zero-order chi connectivity index (χ0) is 10.7. The second-order valence-electron chi connectivity index (χ2n) is 3.41. The van der Waals surface area contributed by atoms with Gasteiger partial charge in [-0.3, -0.25) is 4.79 Å². The molecule has 76 valence electrons. The normalized spacial score (nSPS) is 12.5. The molecular weight excluding hydrogens is 198 g/mol. The number of nitrogens with two attached hydrogens (primary N) is 1. The first-order valence-electron chi connectivity index (χ1n) is 4.65. The minimum atomic E-state index is -0.00392. The molecule has 0 aliphatic rings. The SMILES string of the molecule is CCC(C)C(=O)c1cc(Cl)ccc1N. The quantitative estimate of drug-likeness (QED) is 0.617. The molecule has 1 rings (SSSR count). The highest BCUT2D eigenvalue weighted by Gasteiger charge is 2.15. The Hall–Kier alpha value is -1.02. The van der Waals surface area contributed by atoms with Crippen molar-refractivity contribution in [3.8, 4) is 0 Å². The summed E-state index contributed by atoms with van der Waals surface area (Å²) in [4.78, 5) is 11.8. The Labute approximate surface area is 89.1 Å². The van der Waals surface area contributed by atoms with E-state index in [2.05, 4.69) is 0 Å². The van der Waals surface area contributed by atoms with E-state index in [0.717, 1.165) is 6.42 Å². The van der Waals surface area contributed by atoms with Crippen LogP contribution in [-0.4, -0.2) is 5.78 Å². The summed E-state index contributed by atoms with van der Waals surface area (Å²) < 4.78 is 0. The number of ketones is 1. The van der Waals surface area contributed by atoms with Crippen molar-refractivity contribution in [3.05, 3.63) is 28.8 Å². The zero-order valence-electron chi connectivity index (χ0n) is 8.38. The first-order valence-corrected chi connectivity index (χ1v) is 5.03. The van der Waals surface area contributed by atoms with Gasteiger partial charge in [-0.25, -0.2) is 0 Å². The predicted octanol–water partition coefficient (Wildman–Crippen LogP) is 3.15. The third kappa shape index (κ3) is 2.26. The van der Waals surface area contributed by atoms with Gasteiger partial charge in [0.2, 0.25) is 0 Å². The topological polar surface area (TPSA) is 43.1 Å². The highest BCUT2D eigenvalue weighted by molar-refractivity contribution is 6.31. The number of carbonyl (C=O) groups is 1. The van der Waals surface area contributed by atoms with E-state index in [1.54, 1.807) is 18.2 Å². The molecule has 1 aromatic carbocycles. The van der Waals surface area contributed by atoms with Crippen molar-refractivity contribution in [2.24, 2.45) is 5.92 Å². The van der Waals surface area contributed by atoms with Crippen molar-refractivity contribution in [2.45, 2.75) is 20.3 Å². The predicted molar refractivity (Wildman–Crippen MR) is 59.6 cm³/mol. The molecule has 0 radical (unpaired) electrons. The molecule has 0 saturated heterocycles. The van der Waals surface area contributed by atoms with Gasteiger partial charge in [-0.2, -0.15) is 0 Å². The lowest BCUT2D eigenvalue weighted by Crippen LogP contribution is -2.12. The monoisotopic (exact) mass is 211 g/mol. The zero-order valence-corrected chi connectivity index (χ0v) is 9.14. The Kier molecular flexibility index (Phi) is 3.53. The lowest BCUT2D eigenvalue weighted by molar-refractivity contribution is 0.0928. The Balaban J connectivity index is 3.06. The second-order valence-corrected chi connectivity index (χ2v) is 3.84. The third-order valence-electron chi connectivity index (χ3n) is 2.34. The van der Waals surface area contributed by atoms with Gasteiger partial charge < -0.3 is 5.73 Å². The Morgan fingerprint density at radius 1 is 1.57 bits per heavy atom. The second kappa shape index (κ2) is 4.47. The molecular formula is C11H14ClNO. The summed E-state index contributed by atoms with van der Waals surface area (Å²) in [5.74, 6) is 0.0586. The van der Waals surface area contributed by atoms with Crippen molar-refractivity contribution in [2.75, 3.05) is 5.73 Å². The van der Waals surface area contributed by atoms with Crippen LogP contribution in [0.15, 0.2) is 18.2 Å². The van der Waals surface area contributed by atoms with Crippen LogP contribution in [0.4, 0.5) is 5.69 Å². The van der Waals surface area contributed by atoms with E-state index in [-0.39, 0.29) is 11.7 Å². The maximum atomic E-state index is 11.8. The summed E-state index contributed by atoms with van der Waals surface area (Å²) in [6.07, 6.45) is 0.810. The van der Waals surface area contributed by atoms with E-state index in [0.29, 0.717) is 16.3 Å². The number of hydrogen-bond acceptors (Lipinski definition) is 2. The molecule has 0 aromatic heterocycles. The summed E-state index contributed by atoms with van der Waals surface area (Å²) in [7, 11) is 0. The van der Waals surface area contributed by atoms with E-state index >= 15 is 0 Å². The standard InChI is InChI=1S/C11H14ClNO/c1-3-7(2)11(14)9-6-8(12)4-5-10(9)13/h4-7H,3,13H2,1-2H3. The molecule has 1 unspecified atom stereocenters. The lowest BCUT2D eigenvalue weighted by atomic mass is 9.96. The fourth-order valence-corrected chi connectivity index (χ4v) is 1.36. The van der Waals surface area contributed by atoms with E-state index in [9.17, 15) is 4.79 Å². The molecule has 1 atom stereocenters. The molecule has 2 nitrogen and oxygen atoms in total. The van der Waals surface area contributed by atoms with E-state index in [1.165, 1.54) is 0 Å². The number of rotatable bonds is 3. The van der Waals surface area contributed by atoms with Crippen LogP contribution in [0.25, 0.3) is 0 Å². The van der Waals surface area contributed by atoms with Gasteiger partial charge in [0.25, 0.3) is 0 Å². The van der Waals surface area contributed by atoms with Gasteiger partial charge in [0.1, 0.15) is 0 Å². The van der Waals surface area contributed by atoms with Crippen LogP contribution in [-0.2, 0) is 0 Å². The maximum Gasteiger partial charge on any atom is 0.167 e. The molecule has 0 amide bonds. The van der Waals surface area contributed by atoms with Crippen LogP contribution in [0.5, 0.6) is 0 Å². The number of halogens is 1. The summed E-state index contributed by atoms with van der Waals surface area (Å²) >= 11 is 5.80. The molecule has 0 heterocycles. The number of carbonyl (C=O) groups excluding carboxylic acids is 1. The molecule has 0 aliphatic carbocycles. The third-order valence-corrected chi connectivity index (χ3v) is 2.58. The van der Waals surface area contributed by atoms with Crippen molar-refractivity contribution in [1.82, 2.24) is 0 Å². The number of benzene rings is 1. The average Bonchev–Trinajstić information content (AvgIpc) is 2.19. The van der Waals surface area contributed by atoms with Crippen molar-refractivity contribution in [1.29, 1.82) is 0 Å². The Bertz CT molecular complexity index is 349. The number of hydrogen-bond donors (Lipinski definition) is 1. The van der Waals surface area contributed by atoms with Crippen molar-refractivity contribution < 1.29 is 4.79 Å². The number of Topliss-reactive ketones (excluding diaryl/α,β-unsaturated/α-hetero) is 1. The summed E-state index contributed by atoms with van der Waals surface area (Å²) in [5, 5.41) is 0.547. The van der Waals surface area contributed by atoms with Crippen LogP contribution in [0.2, 0.25) is 5.02 Å². The Morgan fingerprint density at radius 2 is 2.21 bits per heavy atom. The van der Waals surface area contributed by atoms with Gasteiger partial charge in [-0.1, -0.05) is 25.4 Å². The first-order chi connectivity index (χ1) is 6.56. The summed E-state index contributed by atoms with van der Waals surface area (Å²) in [5.41, 5.74) is 6.74. The van der Waals surface area contributed by atoms with Crippen LogP contribution in [0.1, 0.15) is 30.6 Å². The molecule has 2 N–H and O–H groups in total. The minimum Gasteiger partial charge on any atom is -0.398 e. The van der Waals surface area contributed by atoms with Gasteiger partial charge in [0, 0.05) is 22.2 Å². The van der Waals surface area contributed by atoms with E-state index in [1.807, 2.05) is 13.8 Å². The Morgan fingerprint density at radius 3 is 2.79 bits per heavy atom. The highest BCUT2D eigenvalue weighted by Crippen LogP contribution is 2.21. The average molecular weight is 212 g/mol. The van der Waals surface area contributed by atoms with Crippen LogP contribution < -0.4 is 5.73 Å². The molecule has 14 heavy (non-hydrogen) atoms. The maximum absolute atomic E-state index is 11.8. The van der Waals surface area contributed by atoms with Crippen LogP contribution in [0, 0.1) is 5.92 Å². The highest BCUT2D eigenvalue weighted by atomic mass is 35.5. The van der Waals surface area contributed by atoms with Gasteiger partial charge in [-0.15, -0.1) is 0 Å². The van der Waals surface area contributed by atoms with Crippen LogP contribution in [0.3, 0.4) is 0 Å². The van der Waals surface area contributed by atoms with Gasteiger partial charge in [-0.05, 0) is 24.6 Å². The van der Waals surface area contributed by atoms with Gasteiger partial charge in [0.15, 0.2) is 5.78 Å². The first kappa shape index (κ1) is 11.1. The molecule has 0 saturated carbocycles. The number of anilines is 1. The molecule has 1 aromatic rings. The molecule has 3 heteroatoms. The van der Waals surface area contributed by atoms with Crippen LogP contribution >= 0.6 is 11.6 Å². The summed E-state index contributed by atoms with van der Waals surface area (Å²) in [6, 6.07) is 4.98. The number of nitrogen functional groups attached to an aromatic ring is 1. The lowest BCUT2D eigenvalue weighted by Gasteiger charge is -2.09. The summed E-state index contributed by atoms with van der Waals surface area (Å²) in [6.45, 7) is 3.87. The smallest absolute Gasteiger partial charge is 0.167 e. The minimum absolute atomic E-state index is 0.00392. The van der Waals surface area contributed by atoms with Gasteiger partial charge >= 0.3 is 0 Å². The van der Waals surface area contributed by atoms with Crippen molar-refractivity contribution >= 4 is 23.1 Å². The van der Waals surface area contributed by atoms with E-state index in [4.69, 9.17) is 17.3 Å². The van der Waals surface area contributed by atoms with E-state index < -0.39 is 0 Å². The fourth-order valence-electron chi connectivity index (χ4n) is 1.19. The van der Waals surface area contributed by atoms with Crippen molar-refractivity contribution in [3.63, 3.8) is 0 Å². The fraction of sp³-hybridized carbons (Fsp3) is 0.364. The largest absolute Gasteiger partial charge is 0.398 e. The molecule has 0 aliphatic heterocycles. The molecule has 0 bridgehead atoms. The molecule has 0 spiro atoms. The van der Waals surface area contributed by atoms with Gasteiger partial charge in [0.05, 0.1) is 0 Å². The molecule has 0 fully saturated rings.